The molecule has 4 nitrogen and oxygen atoms in total. The van der Waals surface area contributed by atoms with Gasteiger partial charge in [-0.25, -0.2) is 0 Å². The maximum Gasteiger partial charge on any atom is 0.161 e. The van der Waals surface area contributed by atoms with Crippen molar-refractivity contribution < 1.29 is 19.7 Å². The summed E-state index contributed by atoms with van der Waals surface area (Å²) in [5, 5.41) is 20.4. The second kappa shape index (κ2) is 7.22. The quantitative estimate of drug-likeness (QED) is 0.750. The van der Waals surface area contributed by atoms with Crippen LogP contribution >= 0.6 is 0 Å². The SMILES string of the molecule is CC(C)=CCCC(C)=CCCC12COC(c3cc(O)ccc3O1)C2O. The molecule has 0 radical (unpaired) electrons. The molecule has 0 aliphatic carbocycles. The number of aliphatic hydroxyl groups excluding tert-OH is 1. The van der Waals surface area contributed by atoms with Crippen LogP contribution in [0.3, 0.4) is 0 Å². The number of aliphatic hydroxyl groups is 1. The molecule has 1 saturated heterocycles. The van der Waals surface area contributed by atoms with Crippen LogP contribution in [-0.2, 0) is 4.74 Å². The van der Waals surface area contributed by atoms with Gasteiger partial charge in [0, 0.05) is 5.56 Å². The standard InChI is InChI=1S/C21H28O4/c1-14(2)6-4-7-15(3)8-5-11-21-13-24-19(20(21)23)17-12-16(22)9-10-18(17)25-21/h6,8-10,12,19-20,22-23H,4-5,7,11,13H2,1-3H3. The molecule has 2 heterocycles. The van der Waals surface area contributed by atoms with E-state index in [0.29, 0.717) is 18.8 Å². The van der Waals surface area contributed by atoms with Gasteiger partial charge in [0.25, 0.3) is 0 Å². The number of rotatable bonds is 6. The number of aromatic hydroxyl groups is 1. The van der Waals surface area contributed by atoms with Gasteiger partial charge in [0.2, 0.25) is 0 Å². The van der Waals surface area contributed by atoms with Crippen LogP contribution in [0.15, 0.2) is 41.5 Å². The van der Waals surface area contributed by atoms with Crippen LogP contribution in [0.4, 0.5) is 0 Å². The summed E-state index contributed by atoms with van der Waals surface area (Å²) in [7, 11) is 0. The highest BCUT2D eigenvalue weighted by atomic mass is 16.6. The topological polar surface area (TPSA) is 58.9 Å². The van der Waals surface area contributed by atoms with E-state index in [9.17, 15) is 10.2 Å². The maximum atomic E-state index is 10.7. The van der Waals surface area contributed by atoms with E-state index in [2.05, 4.69) is 32.9 Å². The molecule has 0 spiro atoms. The minimum atomic E-state index is -0.707. The predicted octanol–water partition coefficient (Wildman–Crippen LogP) is 4.43. The zero-order chi connectivity index (χ0) is 18.0. The Balaban J connectivity index is 1.65. The fourth-order valence-electron chi connectivity index (χ4n) is 3.63. The Bertz CT molecular complexity index is 687. The lowest BCUT2D eigenvalue weighted by molar-refractivity contribution is -0.0501. The summed E-state index contributed by atoms with van der Waals surface area (Å²) < 4.78 is 12.0. The Morgan fingerprint density at radius 2 is 2.04 bits per heavy atom. The third kappa shape index (κ3) is 3.75. The van der Waals surface area contributed by atoms with E-state index in [1.807, 2.05) is 0 Å². The van der Waals surface area contributed by atoms with Gasteiger partial charge in [0.15, 0.2) is 5.60 Å². The second-order valence-corrected chi connectivity index (χ2v) is 7.47. The van der Waals surface area contributed by atoms with Gasteiger partial charge in [-0.1, -0.05) is 23.3 Å². The highest BCUT2D eigenvalue weighted by Crippen LogP contribution is 2.49. The fraction of sp³-hybridized carbons (Fsp3) is 0.524. The molecule has 4 heteroatoms. The molecular formula is C21H28O4. The second-order valence-electron chi connectivity index (χ2n) is 7.47. The van der Waals surface area contributed by atoms with Crippen molar-refractivity contribution >= 4 is 0 Å². The van der Waals surface area contributed by atoms with E-state index in [0.717, 1.165) is 24.8 Å². The number of fused-ring (bicyclic) bond motifs is 4. The zero-order valence-electron chi connectivity index (χ0n) is 15.3. The van der Waals surface area contributed by atoms with Crippen LogP contribution in [0.1, 0.15) is 58.1 Å². The molecule has 2 bridgehead atoms. The van der Waals surface area contributed by atoms with E-state index < -0.39 is 17.8 Å². The summed E-state index contributed by atoms with van der Waals surface area (Å²) in [5.41, 5.74) is 2.75. The monoisotopic (exact) mass is 344 g/mol. The van der Waals surface area contributed by atoms with Gasteiger partial charge in [0.05, 0.1) is 6.61 Å². The van der Waals surface area contributed by atoms with Gasteiger partial charge in [-0.3, -0.25) is 0 Å². The van der Waals surface area contributed by atoms with E-state index in [4.69, 9.17) is 9.47 Å². The molecule has 2 aliphatic rings. The molecule has 0 amide bonds. The number of phenols is 1. The van der Waals surface area contributed by atoms with E-state index >= 15 is 0 Å². The van der Waals surface area contributed by atoms with Gasteiger partial charge in [-0.05, 0) is 64.7 Å². The van der Waals surface area contributed by atoms with Gasteiger partial charge < -0.3 is 19.7 Å². The highest BCUT2D eigenvalue weighted by Gasteiger charge is 2.55. The van der Waals surface area contributed by atoms with E-state index in [1.54, 1.807) is 18.2 Å². The molecule has 2 aliphatic heterocycles. The molecule has 1 fully saturated rings. The lowest BCUT2D eigenvalue weighted by atomic mass is 9.85. The van der Waals surface area contributed by atoms with Crippen molar-refractivity contribution in [1.82, 2.24) is 0 Å². The Hall–Kier alpha value is -1.78. The number of allylic oxidation sites excluding steroid dienone is 4. The summed E-state index contributed by atoms with van der Waals surface area (Å²) in [6.45, 7) is 6.77. The van der Waals surface area contributed by atoms with E-state index in [-0.39, 0.29) is 5.75 Å². The molecule has 0 aromatic heterocycles. The Labute approximate surface area is 149 Å². The minimum absolute atomic E-state index is 0.160. The van der Waals surface area contributed by atoms with Crippen molar-refractivity contribution in [3.63, 3.8) is 0 Å². The first-order valence-electron chi connectivity index (χ1n) is 9.02. The molecule has 3 rings (SSSR count). The molecule has 1 aromatic rings. The Kier molecular flexibility index (Phi) is 5.21. The number of ether oxygens (including phenoxy) is 2. The number of hydrogen-bond donors (Lipinski definition) is 2. The zero-order valence-corrected chi connectivity index (χ0v) is 15.3. The van der Waals surface area contributed by atoms with Crippen LogP contribution in [0.25, 0.3) is 0 Å². The average molecular weight is 344 g/mol. The predicted molar refractivity (Wildman–Crippen MR) is 97.8 cm³/mol. The summed E-state index contributed by atoms with van der Waals surface area (Å²) >= 11 is 0. The third-order valence-corrected chi connectivity index (χ3v) is 5.10. The lowest BCUT2D eigenvalue weighted by Gasteiger charge is -2.37. The summed E-state index contributed by atoms with van der Waals surface area (Å²) in [5.74, 6) is 0.863. The first kappa shape index (κ1) is 18.0. The molecular weight excluding hydrogens is 316 g/mol. The summed E-state index contributed by atoms with van der Waals surface area (Å²) in [4.78, 5) is 0. The molecule has 0 saturated carbocycles. The maximum absolute atomic E-state index is 10.7. The number of phenolic OH excluding ortho intramolecular Hbond substituents is 1. The molecule has 2 N–H and O–H groups in total. The largest absolute Gasteiger partial charge is 0.508 e. The fourth-order valence-corrected chi connectivity index (χ4v) is 3.63. The minimum Gasteiger partial charge on any atom is -0.508 e. The van der Waals surface area contributed by atoms with Gasteiger partial charge in [-0.15, -0.1) is 0 Å². The Morgan fingerprint density at radius 3 is 2.80 bits per heavy atom. The summed E-state index contributed by atoms with van der Waals surface area (Å²) in [6, 6.07) is 4.98. The first-order chi connectivity index (χ1) is 11.9. The lowest BCUT2D eigenvalue weighted by Crippen LogP contribution is -2.49. The average Bonchev–Trinajstić information content (AvgIpc) is 2.76. The first-order valence-corrected chi connectivity index (χ1v) is 9.02. The smallest absolute Gasteiger partial charge is 0.161 e. The molecule has 3 atom stereocenters. The van der Waals surface area contributed by atoms with Crippen molar-refractivity contribution in [2.45, 2.75) is 64.3 Å². The van der Waals surface area contributed by atoms with E-state index in [1.165, 1.54) is 11.1 Å². The van der Waals surface area contributed by atoms with Crippen LogP contribution in [0.5, 0.6) is 11.5 Å². The van der Waals surface area contributed by atoms with Crippen molar-refractivity contribution in [2.24, 2.45) is 0 Å². The van der Waals surface area contributed by atoms with Crippen LogP contribution in [-0.4, -0.2) is 28.5 Å². The van der Waals surface area contributed by atoms with Crippen molar-refractivity contribution in [3.8, 4) is 11.5 Å². The van der Waals surface area contributed by atoms with Crippen molar-refractivity contribution in [2.75, 3.05) is 6.61 Å². The Morgan fingerprint density at radius 1 is 1.24 bits per heavy atom. The molecule has 136 valence electrons. The number of benzene rings is 1. The van der Waals surface area contributed by atoms with Crippen molar-refractivity contribution in [1.29, 1.82) is 0 Å². The van der Waals surface area contributed by atoms with Gasteiger partial charge in [0.1, 0.15) is 23.7 Å². The molecule has 1 aromatic carbocycles. The number of hydrogen-bond acceptors (Lipinski definition) is 4. The molecule has 25 heavy (non-hydrogen) atoms. The van der Waals surface area contributed by atoms with Crippen LogP contribution in [0.2, 0.25) is 0 Å². The van der Waals surface area contributed by atoms with Crippen LogP contribution < -0.4 is 4.74 Å². The van der Waals surface area contributed by atoms with Crippen LogP contribution in [0, 0.1) is 0 Å². The van der Waals surface area contributed by atoms with Crippen molar-refractivity contribution in [3.05, 3.63) is 47.1 Å². The third-order valence-electron chi connectivity index (χ3n) is 5.10. The van der Waals surface area contributed by atoms with Gasteiger partial charge >= 0.3 is 0 Å². The highest BCUT2D eigenvalue weighted by molar-refractivity contribution is 5.45. The normalized spacial score (nSPS) is 27.6. The summed E-state index contributed by atoms with van der Waals surface area (Å²) in [6.07, 6.45) is 7.06. The van der Waals surface area contributed by atoms with Gasteiger partial charge in [-0.2, -0.15) is 0 Å². The molecule has 3 unspecified atom stereocenters.